The maximum Gasteiger partial charge on any atom is 0.339 e. The van der Waals surface area contributed by atoms with Gasteiger partial charge in [0.1, 0.15) is 4.90 Å². The quantitative estimate of drug-likeness (QED) is 0.564. The molecule has 120 valence electrons. The Morgan fingerprint density at radius 2 is 1.54 bits per heavy atom. The molecule has 4 aromatic rings. The average Bonchev–Trinajstić information content (AvgIpc) is 2.94. The van der Waals surface area contributed by atoms with Gasteiger partial charge in [-0.15, -0.1) is 0 Å². The first kappa shape index (κ1) is 14.8. The van der Waals surface area contributed by atoms with Gasteiger partial charge in [0.15, 0.2) is 5.75 Å². The largest absolute Gasteiger partial charge is 0.378 e. The second-order valence-corrected chi connectivity index (χ2v) is 7.25. The van der Waals surface area contributed by atoms with Crippen molar-refractivity contribution in [2.24, 2.45) is 0 Å². The lowest BCUT2D eigenvalue weighted by molar-refractivity contribution is 0.489. The summed E-state index contributed by atoms with van der Waals surface area (Å²) in [6.45, 7) is 1.91. The second-order valence-electron chi connectivity index (χ2n) is 5.70. The Balaban J connectivity index is 1.86. The van der Waals surface area contributed by atoms with E-state index in [4.69, 9.17) is 4.18 Å². The summed E-state index contributed by atoms with van der Waals surface area (Å²) in [7, 11) is -3.88. The molecule has 0 atom stereocenters. The molecule has 0 aliphatic carbocycles. The van der Waals surface area contributed by atoms with E-state index in [0.29, 0.717) is 5.75 Å². The van der Waals surface area contributed by atoms with Crippen LogP contribution in [0.2, 0.25) is 0 Å². The van der Waals surface area contributed by atoms with Crippen molar-refractivity contribution in [2.45, 2.75) is 11.8 Å². The van der Waals surface area contributed by atoms with Crippen LogP contribution in [0.15, 0.2) is 71.6 Å². The maximum atomic E-state index is 12.6. The van der Waals surface area contributed by atoms with Crippen LogP contribution >= 0.6 is 0 Å². The van der Waals surface area contributed by atoms with E-state index in [1.165, 1.54) is 0 Å². The number of fused-ring (bicyclic) bond motifs is 3. The lowest BCUT2D eigenvalue weighted by Gasteiger charge is -2.08. The molecule has 0 fully saturated rings. The molecule has 0 amide bonds. The van der Waals surface area contributed by atoms with Crippen molar-refractivity contribution in [2.75, 3.05) is 0 Å². The van der Waals surface area contributed by atoms with Crippen molar-refractivity contribution in [1.29, 1.82) is 0 Å². The van der Waals surface area contributed by atoms with Gasteiger partial charge in [0.25, 0.3) is 0 Å². The highest BCUT2D eigenvalue weighted by Gasteiger charge is 2.19. The molecule has 0 saturated carbocycles. The van der Waals surface area contributed by atoms with Crippen molar-refractivity contribution in [3.05, 3.63) is 72.3 Å². The summed E-state index contributed by atoms with van der Waals surface area (Å²) in [6.07, 6.45) is 0. The van der Waals surface area contributed by atoms with Gasteiger partial charge in [0.05, 0.1) is 10.9 Å². The number of rotatable bonds is 3. The minimum Gasteiger partial charge on any atom is -0.378 e. The molecule has 0 saturated heterocycles. The van der Waals surface area contributed by atoms with Gasteiger partial charge in [-0.05, 0) is 37.3 Å². The number of para-hydroxylation sites is 1. The average molecular weight is 337 g/mol. The maximum absolute atomic E-state index is 12.6. The molecule has 1 aromatic heterocycles. The fourth-order valence-corrected chi connectivity index (χ4v) is 3.75. The van der Waals surface area contributed by atoms with Crippen molar-refractivity contribution in [1.82, 2.24) is 4.98 Å². The molecular formula is C19H15NO3S. The van der Waals surface area contributed by atoms with Crippen LogP contribution in [0.25, 0.3) is 21.8 Å². The molecule has 3 aromatic carbocycles. The Labute approximate surface area is 139 Å². The number of hydrogen-bond acceptors (Lipinski definition) is 3. The summed E-state index contributed by atoms with van der Waals surface area (Å²) < 4.78 is 30.6. The number of aromatic nitrogens is 1. The summed E-state index contributed by atoms with van der Waals surface area (Å²) in [5.41, 5.74) is 2.77. The van der Waals surface area contributed by atoms with Crippen LogP contribution in [-0.2, 0) is 10.1 Å². The van der Waals surface area contributed by atoms with Crippen LogP contribution < -0.4 is 4.18 Å². The highest BCUT2D eigenvalue weighted by atomic mass is 32.2. The van der Waals surface area contributed by atoms with E-state index in [-0.39, 0.29) is 4.90 Å². The zero-order valence-corrected chi connectivity index (χ0v) is 13.8. The molecule has 4 rings (SSSR count). The Hall–Kier alpha value is -2.79. The van der Waals surface area contributed by atoms with Crippen molar-refractivity contribution >= 4 is 31.9 Å². The molecule has 0 bridgehead atoms. The molecule has 0 aliphatic heterocycles. The Bertz CT molecular complexity index is 1140. The van der Waals surface area contributed by atoms with E-state index in [0.717, 1.165) is 27.4 Å². The number of hydrogen-bond donors (Lipinski definition) is 1. The van der Waals surface area contributed by atoms with Gasteiger partial charge in [-0.1, -0.05) is 42.0 Å². The molecule has 4 nitrogen and oxygen atoms in total. The first-order valence-electron chi connectivity index (χ1n) is 7.55. The summed E-state index contributed by atoms with van der Waals surface area (Å²) >= 11 is 0. The van der Waals surface area contributed by atoms with Gasteiger partial charge in [0, 0.05) is 10.9 Å². The van der Waals surface area contributed by atoms with E-state index >= 15 is 0 Å². The third-order valence-corrected chi connectivity index (χ3v) is 5.25. The van der Waals surface area contributed by atoms with Gasteiger partial charge in [0.2, 0.25) is 0 Å². The van der Waals surface area contributed by atoms with Gasteiger partial charge >= 0.3 is 10.1 Å². The summed E-state index contributed by atoms with van der Waals surface area (Å²) in [5.74, 6) is 0.325. The number of nitrogens with one attached hydrogen (secondary N) is 1. The number of aromatic amines is 1. The molecule has 5 heteroatoms. The fourth-order valence-electron chi connectivity index (χ4n) is 2.81. The lowest BCUT2D eigenvalue weighted by atomic mass is 10.1. The molecule has 24 heavy (non-hydrogen) atoms. The zero-order valence-electron chi connectivity index (χ0n) is 13.0. The number of aryl methyl sites for hydroxylation is 1. The van der Waals surface area contributed by atoms with Crippen LogP contribution in [0.3, 0.4) is 0 Å². The van der Waals surface area contributed by atoms with Crippen LogP contribution in [0.4, 0.5) is 0 Å². The van der Waals surface area contributed by atoms with Gasteiger partial charge < -0.3 is 9.17 Å². The molecule has 1 heterocycles. The fraction of sp³-hybridized carbons (Fsp3) is 0.0526. The van der Waals surface area contributed by atoms with Crippen molar-refractivity contribution in [3.63, 3.8) is 0 Å². The van der Waals surface area contributed by atoms with E-state index < -0.39 is 10.1 Å². The first-order chi connectivity index (χ1) is 11.5. The lowest BCUT2D eigenvalue weighted by Crippen LogP contribution is -2.09. The van der Waals surface area contributed by atoms with E-state index in [1.807, 2.05) is 37.3 Å². The number of H-pyrrole nitrogens is 1. The van der Waals surface area contributed by atoms with E-state index in [1.54, 1.807) is 36.4 Å². The van der Waals surface area contributed by atoms with E-state index in [9.17, 15) is 8.42 Å². The van der Waals surface area contributed by atoms with Gasteiger partial charge in [-0.25, -0.2) is 0 Å². The third-order valence-electron chi connectivity index (χ3n) is 4.00. The molecular weight excluding hydrogens is 322 g/mol. The third kappa shape index (κ3) is 2.43. The molecule has 0 aliphatic rings. The normalized spacial score (nSPS) is 11.9. The van der Waals surface area contributed by atoms with Crippen LogP contribution in [-0.4, -0.2) is 13.4 Å². The summed E-state index contributed by atoms with van der Waals surface area (Å²) in [5, 5.41) is 1.70. The molecule has 0 radical (unpaired) electrons. The van der Waals surface area contributed by atoms with Gasteiger partial charge in [-0.3, -0.25) is 0 Å². The minimum atomic E-state index is -3.88. The standard InChI is InChI=1S/C19H15NO3S/c1-13-9-11-14(12-10-13)24(21,22)23-18-8-4-7-17-19(18)15-5-2-3-6-16(15)20-17/h2-12,20H,1H3. The monoisotopic (exact) mass is 337 g/mol. The summed E-state index contributed by atoms with van der Waals surface area (Å²) in [4.78, 5) is 3.42. The first-order valence-corrected chi connectivity index (χ1v) is 8.96. The van der Waals surface area contributed by atoms with E-state index in [2.05, 4.69) is 4.98 Å². The predicted octanol–water partition coefficient (Wildman–Crippen LogP) is 4.40. The summed E-state index contributed by atoms with van der Waals surface area (Å²) in [6, 6.07) is 19.7. The van der Waals surface area contributed by atoms with Crippen molar-refractivity contribution in [3.8, 4) is 5.75 Å². The molecule has 1 N–H and O–H groups in total. The SMILES string of the molecule is Cc1ccc(S(=O)(=O)Oc2cccc3[nH]c4ccccc4c23)cc1. The van der Waals surface area contributed by atoms with Gasteiger partial charge in [-0.2, -0.15) is 8.42 Å². The Morgan fingerprint density at radius 3 is 2.33 bits per heavy atom. The van der Waals surface area contributed by atoms with Crippen LogP contribution in [0.5, 0.6) is 5.75 Å². The number of benzene rings is 3. The Kier molecular flexibility index (Phi) is 3.32. The minimum absolute atomic E-state index is 0.143. The van der Waals surface area contributed by atoms with Crippen LogP contribution in [0, 0.1) is 6.92 Å². The topological polar surface area (TPSA) is 59.2 Å². The highest BCUT2D eigenvalue weighted by molar-refractivity contribution is 7.87. The predicted molar refractivity (Wildman–Crippen MR) is 94.8 cm³/mol. The zero-order chi connectivity index (χ0) is 16.7. The molecule has 0 unspecified atom stereocenters. The second kappa shape index (κ2) is 5.39. The highest BCUT2D eigenvalue weighted by Crippen LogP contribution is 2.34. The van der Waals surface area contributed by atoms with Crippen molar-refractivity contribution < 1.29 is 12.6 Å². The Morgan fingerprint density at radius 1 is 0.833 bits per heavy atom. The smallest absolute Gasteiger partial charge is 0.339 e. The van der Waals surface area contributed by atoms with Crippen LogP contribution in [0.1, 0.15) is 5.56 Å². The molecule has 0 spiro atoms.